The normalized spacial score (nSPS) is 28.2. The van der Waals surface area contributed by atoms with Crippen LogP contribution in [0.15, 0.2) is 54.9 Å². The number of anilines is 1. The number of aromatic nitrogens is 1. The Morgan fingerprint density at radius 1 is 0.977 bits per heavy atom. The maximum absolute atomic E-state index is 14.1. The SMILES string of the molecule is CC(C)N1C(=O)N(c2ccncc2)C(=O)C12CC1CCC(C2)N1CCC(NC(=O)C1CCC(F)(F)CC1)c1ccccc1. The van der Waals surface area contributed by atoms with Gasteiger partial charge in [0, 0.05) is 55.8 Å². The second-order valence-corrected chi connectivity index (χ2v) is 13.0. The van der Waals surface area contributed by atoms with Crippen molar-refractivity contribution in [3.8, 4) is 0 Å². The van der Waals surface area contributed by atoms with E-state index in [0.717, 1.165) is 24.9 Å². The summed E-state index contributed by atoms with van der Waals surface area (Å²) in [5, 5.41) is 3.20. The largest absolute Gasteiger partial charge is 0.349 e. The van der Waals surface area contributed by atoms with Crippen LogP contribution in [0.4, 0.5) is 19.3 Å². The molecule has 1 spiro atoms. The third-order valence-electron chi connectivity index (χ3n) is 10.1. The van der Waals surface area contributed by atoms with E-state index in [9.17, 15) is 23.2 Å². The number of halogens is 2. The molecule has 0 radical (unpaired) electrons. The van der Waals surface area contributed by atoms with Crippen molar-refractivity contribution in [3.05, 3.63) is 60.4 Å². The van der Waals surface area contributed by atoms with E-state index in [1.54, 1.807) is 29.4 Å². The van der Waals surface area contributed by atoms with Gasteiger partial charge in [-0.25, -0.2) is 18.5 Å². The fourth-order valence-electron chi connectivity index (χ4n) is 8.05. The quantitative estimate of drug-likeness (QED) is 0.397. The van der Waals surface area contributed by atoms with E-state index in [2.05, 4.69) is 15.2 Å². The van der Waals surface area contributed by atoms with E-state index in [-0.39, 0.29) is 67.7 Å². The van der Waals surface area contributed by atoms with Crippen LogP contribution < -0.4 is 10.2 Å². The molecule has 3 aliphatic heterocycles. The van der Waals surface area contributed by atoms with Crippen molar-refractivity contribution in [2.45, 2.75) is 107 Å². The van der Waals surface area contributed by atoms with Gasteiger partial charge >= 0.3 is 6.03 Å². The van der Waals surface area contributed by atoms with Crippen molar-refractivity contribution >= 4 is 23.5 Å². The number of amides is 4. The second-order valence-electron chi connectivity index (χ2n) is 13.0. The number of hydrogen-bond acceptors (Lipinski definition) is 5. The van der Waals surface area contributed by atoms with Crippen LogP contribution in [0.1, 0.15) is 83.2 Å². The minimum absolute atomic E-state index is 0.133. The number of benzene rings is 1. The molecule has 1 aliphatic carbocycles. The van der Waals surface area contributed by atoms with Crippen molar-refractivity contribution in [1.29, 1.82) is 0 Å². The molecule has 3 unspecified atom stereocenters. The first-order chi connectivity index (χ1) is 20.6. The molecule has 1 N–H and O–H groups in total. The molecule has 4 aliphatic rings. The molecular formula is C33H41F2N5O3. The van der Waals surface area contributed by atoms with Crippen molar-refractivity contribution < 1.29 is 23.2 Å². The first-order valence-corrected chi connectivity index (χ1v) is 15.7. The minimum atomic E-state index is -2.67. The van der Waals surface area contributed by atoms with E-state index < -0.39 is 17.4 Å². The Morgan fingerprint density at radius 3 is 2.21 bits per heavy atom. The maximum Gasteiger partial charge on any atom is 0.332 e. The summed E-state index contributed by atoms with van der Waals surface area (Å²) in [4.78, 5) is 50.7. The Balaban J connectivity index is 1.18. The number of imide groups is 1. The Hall–Kier alpha value is -3.40. The maximum atomic E-state index is 14.1. The average molecular weight is 594 g/mol. The molecule has 4 heterocycles. The number of carbonyl (C=O) groups is 3. The van der Waals surface area contributed by atoms with Gasteiger partial charge in [-0.1, -0.05) is 30.3 Å². The highest BCUT2D eigenvalue weighted by Gasteiger charge is 2.63. The molecule has 230 valence electrons. The van der Waals surface area contributed by atoms with Crippen molar-refractivity contribution in [1.82, 2.24) is 20.1 Å². The lowest BCUT2D eigenvalue weighted by molar-refractivity contribution is -0.131. The first-order valence-electron chi connectivity index (χ1n) is 15.7. The highest BCUT2D eigenvalue weighted by molar-refractivity contribution is 6.23. The fourth-order valence-corrected chi connectivity index (χ4v) is 8.05. The summed E-state index contributed by atoms with van der Waals surface area (Å²) in [5.74, 6) is -3.37. The number of nitrogens with zero attached hydrogens (tertiary/aromatic N) is 4. The van der Waals surface area contributed by atoms with Gasteiger partial charge in [0.05, 0.1) is 11.7 Å². The number of urea groups is 1. The molecule has 43 heavy (non-hydrogen) atoms. The van der Waals surface area contributed by atoms with E-state index in [0.29, 0.717) is 24.9 Å². The molecule has 8 nitrogen and oxygen atoms in total. The van der Waals surface area contributed by atoms with Crippen LogP contribution in [0.25, 0.3) is 0 Å². The lowest BCUT2D eigenvalue weighted by Crippen LogP contribution is -2.61. The summed E-state index contributed by atoms with van der Waals surface area (Å²) < 4.78 is 27.4. The predicted molar refractivity (Wildman–Crippen MR) is 158 cm³/mol. The monoisotopic (exact) mass is 593 g/mol. The number of carbonyl (C=O) groups excluding carboxylic acids is 3. The number of hydrogen-bond donors (Lipinski definition) is 1. The summed E-state index contributed by atoms with van der Waals surface area (Å²) in [6.07, 6.45) is 6.84. The first kappa shape index (κ1) is 29.7. The second kappa shape index (κ2) is 11.6. The van der Waals surface area contributed by atoms with Gasteiger partial charge in [0.1, 0.15) is 5.54 Å². The van der Waals surface area contributed by atoms with E-state index in [1.807, 2.05) is 44.2 Å². The van der Waals surface area contributed by atoms with Gasteiger partial charge in [-0.3, -0.25) is 19.5 Å². The van der Waals surface area contributed by atoms with Crippen LogP contribution >= 0.6 is 0 Å². The Kier molecular flexibility index (Phi) is 8.00. The van der Waals surface area contributed by atoms with Crippen LogP contribution in [0, 0.1) is 5.92 Å². The molecule has 2 aromatic rings. The van der Waals surface area contributed by atoms with Gasteiger partial charge in [-0.05, 0) is 76.5 Å². The van der Waals surface area contributed by atoms with Crippen molar-refractivity contribution in [2.24, 2.45) is 5.92 Å². The lowest BCUT2D eigenvalue weighted by Gasteiger charge is -2.48. The molecule has 3 atom stereocenters. The number of alkyl halides is 2. The van der Waals surface area contributed by atoms with Crippen LogP contribution in [0.2, 0.25) is 0 Å². The van der Waals surface area contributed by atoms with E-state index in [1.165, 1.54) is 4.90 Å². The predicted octanol–water partition coefficient (Wildman–Crippen LogP) is 5.70. The minimum Gasteiger partial charge on any atom is -0.349 e. The number of rotatable bonds is 8. The molecule has 3 saturated heterocycles. The van der Waals surface area contributed by atoms with Gasteiger partial charge < -0.3 is 10.2 Å². The standard InChI is InChI=1S/C33H41F2N5O3/c1-22(2)40-31(43)39(25-12-17-36-18-13-25)30(42)32(40)20-26-8-9-27(21-32)38(26)19-14-28(23-6-4-3-5-7-23)37-29(41)24-10-15-33(34,35)16-11-24/h3-7,12-13,17-18,22,24,26-28H,8-11,14-16,19-21H2,1-2H3,(H,37,41). The topological polar surface area (TPSA) is 85.8 Å². The number of nitrogens with one attached hydrogen (secondary N) is 1. The molecular weight excluding hydrogens is 552 g/mol. The van der Waals surface area contributed by atoms with Crippen molar-refractivity contribution in [2.75, 3.05) is 11.4 Å². The molecule has 10 heteroatoms. The third kappa shape index (κ3) is 5.54. The Bertz CT molecular complexity index is 1320. The molecule has 4 fully saturated rings. The molecule has 2 bridgehead atoms. The highest BCUT2D eigenvalue weighted by Crippen LogP contribution is 2.49. The van der Waals surface area contributed by atoms with Crippen LogP contribution in [-0.2, 0) is 9.59 Å². The van der Waals surface area contributed by atoms with Crippen LogP contribution in [-0.4, -0.2) is 68.8 Å². The zero-order chi connectivity index (χ0) is 30.4. The average Bonchev–Trinajstić information content (AvgIpc) is 3.35. The van der Waals surface area contributed by atoms with E-state index >= 15 is 0 Å². The molecule has 4 amide bonds. The number of pyridine rings is 1. The zero-order valence-corrected chi connectivity index (χ0v) is 24.9. The van der Waals surface area contributed by atoms with Crippen molar-refractivity contribution in [3.63, 3.8) is 0 Å². The highest BCUT2D eigenvalue weighted by atomic mass is 19.3. The number of piperidine rings is 1. The molecule has 6 rings (SSSR count). The fraction of sp³-hybridized carbons (Fsp3) is 0.576. The summed E-state index contributed by atoms with van der Waals surface area (Å²) >= 11 is 0. The summed E-state index contributed by atoms with van der Waals surface area (Å²) in [5.41, 5.74) is 0.659. The third-order valence-corrected chi connectivity index (χ3v) is 10.1. The molecule has 1 saturated carbocycles. The zero-order valence-electron chi connectivity index (χ0n) is 24.9. The van der Waals surface area contributed by atoms with Gasteiger partial charge in [0.15, 0.2) is 0 Å². The summed E-state index contributed by atoms with van der Waals surface area (Å²) in [7, 11) is 0. The lowest BCUT2D eigenvalue weighted by atomic mass is 9.80. The Labute approximate surface area is 251 Å². The van der Waals surface area contributed by atoms with Gasteiger partial charge in [0.25, 0.3) is 5.91 Å². The van der Waals surface area contributed by atoms with Crippen LogP contribution in [0.3, 0.4) is 0 Å². The summed E-state index contributed by atoms with van der Waals surface area (Å²) in [6, 6.07) is 12.9. The van der Waals surface area contributed by atoms with Gasteiger partial charge in [-0.2, -0.15) is 0 Å². The van der Waals surface area contributed by atoms with Gasteiger partial charge in [0.2, 0.25) is 11.8 Å². The molecule has 1 aromatic carbocycles. The smallest absolute Gasteiger partial charge is 0.332 e. The molecule has 1 aromatic heterocycles. The summed E-state index contributed by atoms with van der Waals surface area (Å²) in [6.45, 7) is 4.67. The van der Waals surface area contributed by atoms with E-state index in [4.69, 9.17) is 0 Å². The van der Waals surface area contributed by atoms with Crippen LogP contribution in [0.5, 0.6) is 0 Å². The Morgan fingerprint density at radius 2 is 1.60 bits per heavy atom. The van der Waals surface area contributed by atoms with Gasteiger partial charge in [-0.15, -0.1) is 0 Å². The number of fused-ring (bicyclic) bond motifs is 2.